The number of amides is 2. The Morgan fingerprint density at radius 3 is 2.44 bits per heavy atom. The van der Waals surface area contributed by atoms with Crippen molar-refractivity contribution in [1.82, 2.24) is 4.90 Å². The van der Waals surface area contributed by atoms with Gasteiger partial charge < -0.3 is 15.5 Å². The Labute approximate surface area is 106 Å². The maximum atomic E-state index is 11.5. The Hall–Kier alpha value is -2.04. The summed E-state index contributed by atoms with van der Waals surface area (Å²) in [7, 11) is 0. The monoisotopic (exact) mass is 247 g/mol. The van der Waals surface area contributed by atoms with Crippen LogP contribution in [-0.4, -0.2) is 42.4 Å². The minimum atomic E-state index is -0.454. The third kappa shape index (κ3) is 2.45. The minimum absolute atomic E-state index is 0.0195. The van der Waals surface area contributed by atoms with Crippen LogP contribution in [0.1, 0.15) is 6.92 Å². The van der Waals surface area contributed by atoms with Crippen molar-refractivity contribution in [2.45, 2.75) is 13.0 Å². The topological polar surface area (TPSA) is 66.6 Å². The van der Waals surface area contributed by atoms with Crippen molar-refractivity contribution in [3.63, 3.8) is 0 Å². The summed E-state index contributed by atoms with van der Waals surface area (Å²) >= 11 is 0. The quantitative estimate of drug-likeness (QED) is 0.812. The second-order valence-electron chi connectivity index (χ2n) is 4.41. The molecule has 0 bridgehead atoms. The number of benzene rings is 1. The number of nitrogens with two attached hydrogens (primary N) is 1. The zero-order valence-corrected chi connectivity index (χ0v) is 10.4. The largest absolute Gasteiger partial charge is 0.368 e. The first-order valence-corrected chi connectivity index (χ1v) is 5.96. The highest BCUT2D eigenvalue weighted by atomic mass is 16.2. The van der Waals surface area contributed by atoms with E-state index in [1.165, 1.54) is 6.92 Å². The van der Waals surface area contributed by atoms with Crippen LogP contribution in [0.3, 0.4) is 0 Å². The third-order valence-electron chi connectivity index (χ3n) is 3.24. The van der Waals surface area contributed by atoms with Crippen molar-refractivity contribution in [2.75, 3.05) is 24.5 Å². The zero-order valence-electron chi connectivity index (χ0n) is 10.4. The maximum absolute atomic E-state index is 11.5. The molecular formula is C13H17N3O2. The molecule has 0 radical (unpaired) electrons. The third-order valence-corrected chi connectivity index (χ3v) is 3.24. The van der Waals surface area contributed by atoms with Gasteiger partial charge >= 0.3 is 0 Å². The number of para-hydroxylation sites is 1. The second-order valence-corrected chi connectivity index (χ2v) is 4.41. The number of rotatable bonds is 2. The molecule has 96 valence electrons. The van der Waals surface area contributed by atoms with E-state index in [4.69, 9.17) is 5.73 Å². The zero-order chi connectivity index (χ0) is 13.1. The van der Waals surface area contributed by atoms with Crippen LogP contribution in [-0.2, 0) is 9.59 Å². The van der Waals surface area contributed by atoms with Gasteiger partial charge in [0.05, 0.1) is 6.54 Å². The number of hydrogen-bond donors (Lipinski definition) is 1. The first-order valence-electron chi connectivity index (χ1n) is 5.96. The fourth-order valence-corrected chi connectivity index (χ4v) is 2.24. The highest BCUT2D eigenvalue weighted by Crippen LogP contribution is 2.20. The van der Waals surface area contributed by atoms with Gasteiger partial charge in [0.1, 0.15) is 6.04 Å². The summed E-state index contributed by atoms with van der Waals surface area (Å²) in [5.41, 5.74) is 6.40. The Kier molecular flexibility index (Phi) is 3.50. The molecule has 1 aromatic carbocycles. The first-order chi connectivity index (χ1) is 8.59. The van der Waals surface area contributed by atoms with Crippen molar-refractivity contribution >= 4 is 17.5 Å². The van der Waals surface area contributed by atoms with Gasteiger partial charge in [-0.15, -0.1) is 0 Å². The highest BCUT2D eigenvalue weighted by molar-refractivity contribution is 5.85. The molecule has 1 aliphatic rings. The average Bonchev–Trinajstić information content (AvgIpc) is 2.39. The number of primary amides is 1. The van der Waals surface area contributed by atoms with Crippen molar-refractivity contribution in [3.8, 4) is 0 Å². The van der Waals surface area contributed by atoms with E-state index >= 15 is 0 Å². The van der Waals surface area contributed by atoms with E-state index in [2.05, 4.69) is 0 Å². The highest BCUT2D eigenvalue weighted by Gasteiger charge is 2.31. The van der Waals surface area contributed by atoms with Gasteiger partial charge in [-0.1, -0.05) is 18.2 Å². The molecule has 1 aromatic rings. The van der Waals surface area contributed by atoms with E-state index < -0.39 is 11.9 Å². The molecule has 1 saturated heterocycles. The van der Waals surface area contributed by atoms with E-state index in [-0.39, 0.29) is 5.91 Å². The summed E-state index contributed by atoms with van der Waals surface area (Å²) in [4.78, 5) is 26.5. The SMILES string of the molecule is CC(=O)N1CCN(c2ccccc2)C(C(N)=O)C1. The number of nitrogens with zero attached hydrogens (tertiary/aromatic N) is 2. The molecule has 0 spiro atoms. The normalized spacial score (nSPS) is 19.7. The second kappa shape index (κ2) is 5.08. The van der Waals surface area contributed by atoms with Crippen LogP contribution < -0.4 is 10.6 Å². The predicted molar refractivity (Wildman–Crippen MR) is 69.0 cm³/mol. The molecule has 1 heterocycles. The van der Waals surface area contributed by atoms with Gasteiger partial charge in [0, 0.05) is 25.7 Å². The predicted octanol–water partition coefficient (Wildman–Crippen LogP) is 0.209. The summed E-state index contributed by atoms with van der Waals surface area (Å²) in [6.45, 7) is 3.11. The lowest BCUT2D eigenvalue weighted by molar-refractivity contribution is -0.130. The standard InChI is InChI=1S/C13H17N3O2/c1-10(17)15-7-8-16(12(9-15)13(14)18)11-5-3-2-4-6-11/h2-6,12H,7-9H2,1H3,(H2,14,18). The van der Waals surface area contributed by atoms with Gasteiger partial charge in [0.2, 0.25) is 11.8 Å². The summed E-state index contributed by atoms with van der Waals surface area (Å²) in [6.07, 6.45) is 0. The van der Waals surface area contributed by atoms with Crippen molar-refractivity contribution in [2.24, 2.45) is 5.73 Å². The van der Waals surface area contributed by atoms with Gasteiger partial charge in [-0.3, -0.25) is 9.59 Å². The van der Waals surface area contributed by atoms with Crippen molar-refractivity contribution in [3.05, 3.63) is 30.3 Å². The summed E-state index contributed by atoms with van der Waals surface area (Å²) in [5, 5.41) is 0. The molecule has 0 saturated carbocycles. The Morgan fingerprint density at radius 1 is 1.22 bits per heavy atom. The Balaban J connectivity index is 2.21. The van der Waals surface area contributed by atoms with E-state index in [1.807, 2.05) is 35.2 Å². The lowest BCUT2D eigenvalue weighted by Gasteiger charge is -2.40. The van der Waals surface area contributed by atoms with Crippen LogP contribution in [0.4, 0.5) is 5.69 Å². The van der Waals surface area contributed by atoms with E-state index in [0.29, 0.717) is 19.6 Å². The van der Waals surface area contributed by atoms with E-state index in [9.17, 15) is 9.59 Å². The molecule has 1 aliphatic heterocycles. The number of carbonyl (C=O) groups excluding carboxylic acids is 2. The van der Waals surface area contributed by atoms with Crippen LogP contribution in [0.15, 0.2) is 30.3 Å². The van der Waals surface area contributed by atoms with Crippen LogP contribution in [0.2, 0.25) is 0 Å². The number of anilines is 1. The lowest BCUT2D eigenvalue weighted by Crippen LogP contribution is -2.59. The molecule has 1 atom stereocenters. The molecule has 1 fully saturated rings. The summed E-state index contributed by atoms with van der Waals surface area (Å²) in [6, 6.07) is 9.20. The van der Waals surface area contributed by atoms with Crippen LogP contribution in [0.5, 0.6) is 0 Å². The average molecular weight is 247 g/mol. The molecular weight excluding hydrogens is 230 g/mol. The molecule has 5 nitrogen and oxygen atoms in total. The summed E-state index contributed by atoms with van der Waals surface area (Å²) in [5.74, 6) is -0.418. The van der Waals surface area contributed by atoms with E-state index in [0.717, 1.165) is 5.69 Å². The van der Waals surface area contributed by atoms with Gasteiger partial charge in [-0.25, -0.2) is 0 Å². The molecule has 2 amide bonds. The molecule has 2 N–H and O–H groups in total. The van der Waals surface area contributed by atoms with E-state index in [1.54, 1.807) is 4.90 Å². The molecule has 0 aromatic heterocycles. The van der Waals surface area contributed by atoms with Crippen LogP contribution >= 0.6 is 0 Å². The number of piperazine rings is 1. The van der Waals surface area contributed by atoms with Crippen LogP contribution in [0.25, 0.3) is 0 Å². The number of hydrogen-bond acceptors (Lipinski definition) is 3. The van der Waals surface area contributed by atoms with Gasteiger partial charge in [0.25, 0.3) is 0 Å². The van der Waals surface area contributed by atoms with Crippen LogP contribution in [0, 0.1) is 0 Å². The van der Waals surface area contributed by atoms with Crippen molar-refractivity contribution in [1.29, 1.82) is 0 Å². The van der Waals surface area contributed by atoms with Gasteiger partial charge in [0.15, 0.2) is 0 Å². The molecule has 1 unspecified atom stereocenters. The number of carbonyl (C=O) groups is 2. The molecule has 2 rings (SSSR count). The Morgan fingerprint density at radius 2 is 1.89 bits per heavy atom. The molecule has 5 heteroatoms. The smallest absolute Gasteiger partial charge is 0.241 e. The Bertz CT molecular complexity index is 447. The van der Waals surface area contributed by atoms with Crippen molar-refractivity contribution < 1.29 is 9.59 Å². The molecule has 0 aliphatic carbocycles. The molecule has 18 heavy (non-hydrogen) atoms. The van der Waals surface area contributed by atoms with Gasteiger partial charge in [-0.05, 0) is 12.1 Å². The van der Waals surface area contributed by atoms with Gasteiger partial charge in [-0.2, -0.15) is 0 Å². The first kappa shape index (κ1) is 12.4. The lowest BCUT2D eigenvalue weighted by atomic mass is 10.1. The maximum Gasteiger partial charge on any atom is 0.241 e. The fraction of sp³-hybridized carbons (Fsp3) is 0.385. The summed E-state index contributed by atoms with van der Waals surface area (Å²) < 4.78 is 0. The fourth-order valence-electron chi connectivity index (χ4n) is 2.24. The minimum Gasteiger partial charge on any atom is -0.368 e.